The maximum atomic E-state index is 9.36. The van der Waals surface area contributed by atoms with Crippen LogP contribution in [0.3, 0.4) is 0 Å². The number of hydrogen-bond donors (Lipinski definition) is 1. The van der Waals surface area contributed by atoms with E-state index in [4.69, 9.17) is 16.3 Å². The summed E-state index contributed by atoms with van der Waals surface area (Å²) in [5.41, 5.74) is 1.74. The van der Waals surface area contributed by atoms with E-state index in [2.05, 4.69) is 17.1 Å². The van der Waals surface area contributed by atoms with E-state index < -0.39 is 0 Å². The first-order valence-corrected chi connectivity index (χ1v) is 8.49. The molecule has 0 radical (unpaired) electrons. The minimum Gasteiger partial charge on any atom is -0.486 e. The number of halogens is 1. The van der Waals surface area contributed by atoms with Gasteiger partial charge in [0.2, 0.25) is 0 Å². The Bertz CT molecular complexity index is 1040. The van der Waals surface area contributed by atoms with Crippen LogP contribution < -0.4 is 4.74 Å². The number of rotatable bonds is 5. The fraction of sp³-hybridized carbons (Fsp3) is 0.150. The van der Waals surface area contributed by atoms with E-state index in [0.717, 1.165) is 28.0 Å². The van der Waals surface area contributed by atoms with Gasteiger partial charge in [-0.05, 0) is 41.1 Å². The molecule has 0 unspecified atom stereocenters. The van der Waals surface area contributed by atoms with Gasteiger partial charge in [-0.1, -0.05) is 41.9 Å². The molecular formula is C20H17ClN2O2. The summed E-state index contributed by atoms with van der Waals surface area (Å²) in [6.45, 7) is 0.830. The number of imidazole rings is 1. The van der Waals surface area contributed by atoms with Crippen molar-refractivity contribution in [1.82, 2.24) is 9.55 Å². The first kappa shape index (κ1) is 15.9. The zero-order chi connectivity index (χ0) is 17.2. The Morgan fingerprint density at radius 2 is 1.84 bits per heavy atom. The molecule has 0 bridgehead atoms. The van der Waals surface area contributed by atoms with Crippen molar-refractivity contribution in [2.24, 2.45) is 0 Å². The van der Waals surface area contributed by atoms with E-state index in [-0.39, 0.29) is 6.61 Å². The molecule has 5 heteroatoms. The number of fused-ring (bicyclic) bond motifs is 2. The van der Waals surface area contributed by atoms with Gasteiger partial charge in [-0.3, -0.25) is 0 Å². The quantitative estimate of drug-likeness (QED) is 0.578. The number of aliphatic hydroxyl groups is 1. The molecule has 0 aliphatic rings. The van der Waals surface area contributed by atoms with E-state index in [9.17, 15) is 5.11 Å². The highest BCUT2D eigenvalue weighted by atomic mass is 35.5. The lowest BCUT2D eigenvalue weighted by atomic mass is 10.1. The van der Waals surface area contributed by atoms with Crippen molar-refractivity contribution in [3.05, 3.63) is 71.5 Å². The highest BCUT2D eigenvalue weighted by molar-refractivity contribution is 6.31. The van der Waals surface area contributed by atoms with Crippen LogP contribution in [0.4, 0.5) is 0 Å². The lowest BCUT2D eigenvalue weighted by Gasteiger charge is -2.10. The third kappa shape index (κ3) is 3.18. The van der Waals surface area contributed by atoms with Crippen LogP contribution in [-0.2, 0) is 13.2 Å². The van der Waals surface area contributed by atoms with E-state index in [1.165, 1.54) is 5.39 Å². The van der Waals surface area contributed by atoms with Crippen molar-refractivity contribution >= 4 is 33.4 Å². The molecule has 4 rings (SSSR count). The lowest BCUT2D eigenvalue weighted by molar-refractivity contribution is 0.260. The van der Waals surface area contributed by atoms with Gasteiger partial charge < -0.3 is 14.4 Å². The maximum absolute atomic E-state index is 9.36. The van der Waals surface area contributed by atoms with Gasteiger partial charge >= 0.3 is 0 Å². The van der Waals surface area contributed by atoms with Crippen LogP contribution >= 0.6 is 11.6 Å². The van der Waals surface area contributed by atoms with Crippen LogP contribution in [0.1, 0.15) is 5.82 Å². The first-order valence-electron chi connectivity index (χ1n) is 8.12. The maximum Gasteiger partial charge on any atom is 0.148 e. The Hall–Kier alpha value is -2.56. The largest absolute Gasteiger partial charge is 0.486 e. The molecule has 0 fully saturated rings. The Labute approximate surface area is 150 Å². The Kier molecular flexibility index (Phi) is 4.30. The molecule has 0 aliphatic heterocycles. The number of aromatic nitrogens is 2. The lowest BCUT2D eigenvalue weighted by Crippen LogP contribution is -2.09. The van der Waals surface area contributed by atoms with Gasteiger partial charge in [0.15, 0.2) is 0 Å². The molecule has 0 amide bonds. The minimum absolute atomic E-state index is 0.0388. The average Bonchev–Trinajstić information content (AvgIpc) is 2.97. The highest BCUT2D eigenvalue weighted by Gasteiger charge is 2.11. The van der Waals surface area contributed by atoms with Crippen molar-refractivity contribution in [1.29, 1.82) is 0 Å². The summed E-state index contributed by atoms with van der Waals surface area (Å²) >= 11 is 6.06. The van der Waals surface area contributed by atoms with Gasteiger partial charge in [-0.2, -0.15) is 0 Å². The summed E-state index contributed by atoms with van der Waals surface area (Å²) in [7, 11) is 0. The third-order valence-corrected chi connectivity index (χ3v) is 4.44. The monoisotopic (exact) mass is 352 g/mol. The van der Waals surface area contributed by atoms with Crippen LogP contribution in [0.2, 0.25) is 5.02 Å². The fourth-order valence-electron chi connectivity index (χ4n) is 3.02. The molecule has 25 heavy (non-hydrogen) atoms. The molecule has 0 aliphatic carbocycles. The molecule has 0 atom stereocenters. The third-order valence-electron chi connectivity index (χ3n) is 4.20. The minimum atomic E-state index is 0.0388. The summed E-state index contributed by atoms with van der Waals surface area (Å²) < 4.78 is 7.91. The molecule has 126 valence electrons. The van der Waals surface area contributed by atoms with E-state index >= 15 is 0 Å². The van der Waals surface area contributed by atoms with Crippen LogP contribution in [0.5, 0.6) is 5.75 Å². The Morgan fingerprint density at radius 3 is 2.68 bits per heavy atom. The molecule has 0 spiro atoms. The molecule has 0 saturated carbocycles. The van der Waals surface area contributed by atoms with Crippen molar-refractivity contribution in [2.75, 3.05) is 6.61 Å². The second-order valence-corrected chi connectivity index (χ2v) is 6.27. The van der Waals surface area contributed by atoms with Crippen LogP contribution in [0, 0.1) is 0 Å². The normalized spacial score (nSPS) is 11.3. The molecular weight excluding hydrogens is 336 g/mol. The summed E-state index contributed by atoms with van der Waals surface area (Å²) in [5, 5.41) is 12.3. The molecule has 1 aromatic heterocycles. The molecule has 1 heterocycles. The first-order chi connectivity index (χ1) is 12.2. The topological polar surface area (TPSA) is 47.3 Å². The van der Waals surface area contributed by atoms with E-state index in [0.29, 0.717) is 18.2 Å². The van der Waals surface area contributed by atoms with Crippen LogP contribution in [0.25, 0.3) is 21.8 Å². The Balaban J connectivity index is 1.63. The number of ether oxygens (including phenoxy) is 1. The van der Waals surface area contributed by atoms with Gasteiger partial charge in [-0.15, -0.1) is 0 Å². The number of benzene rings is 3. The number of hydrogen-bond acceptors (Lipinski definition) is 3. The van der Waals surface area contributed by atoms with Crippen LogP contribution in [0.15, 0.2) is 60.7 Å². The van der Waals surface area contributed by atoms with E-state index in [1.807, 2.05) is 53.1 Å². The summed E-state index contributed by atoms with van der Waals surface area (Å²) in [5.74, 6) is 1.55. The second kappa shape index (κ2) is 6.75. The summed E-state index contributed by atoms with van der Waals surface area (Å²) in [6.07, 6.45) is 0. The zero-order valence-corrected chi connectivity index (χ0v) is 14.3. The SMILES string of the molecule is OCCn1c(COc2ccc3ccccc3c2)nc2cc(Cl)ccc21. The van der Waals surface area contributed by atoms with E-state index in [1.54, 1.807) is 0 Å². The van der Waals surface area contributed by atoms with Gasteiger partial charge in [0.1, 0.15) is 18.2 Å². The molecule has 3 aromatic carbocycles. The van der Waals surface area contributed by atoms with Crippen LogP contribution in [-0.4, -0.2) is 21.3 Å². The predicted octanol–water partition coefficient (Wildman–Crippen LogP) is 4.41. The van der Waals surface area contributed by atoms with Gasteiger partial charge in [0.25, 0.3) is 0 Å². The smallest absolute Gasteiger partial charge is 0.148 e. The summed E-state index contributed by atoms with van der Waals surface area (Å²) in [4.78, 5) is 4.61. The predicted molar refractivity (Wildman–Crippen MR) is 100 cm³/mol. The molecule has 4 aromatic rings. The van der Waals surface area contributed by atoms with Crippen molar-refractivity contribution in [2.45, 2.75) is 13.2 Å². The summed E-state index contributed by atoms with van der Waals surface area (Å²) in [6, 6.07) is 19.7. The molecule has 0 saturated heterocycles. The van der Waals surface area contributed by atoms with Gasteiger partial charge in [-0.25, -0.2) is 4.98 Å². The highest BCUT2D eigenvalue weighted by Crippen LogP contribution is 2.24. The Morgan fingerprint density at radius 1 is 1.00 bits per heavy atom. The van der Waals surface area contributed by atoms with Gasteiger partial charge in [0.05, 0.1) is 17.6 Å². The fourth-order valence-corrected chi connectivity index (χ4v) is 3.18. The zero-order valence-electron chi connectivity index (χ0n) is 13.5. The molecule has 1 N–H and O–H groups in total. The van der Waals surface area contributed by atoms with Crippen molar-refractivity contribution < 1.29 is 9.84 Å². The standard InChI is InChI=1S/C20H17ClN2O2/c21-16-6-8-19-18(12-16)22-20(23(19)9-10-24)13-25-17-7-5-14-3-1-2-4-15(14)11-17/h1-8,11-12,24H,9-10,13H2. The average molecular weight is 353 g/mol. The van der Waals surface area contributed by atoms with Gasteiger partial charge in [0, 0.05) is 11.6 Å². The molecule has 4 nitrogen and oxygen atoms in total. The van der Waals surface area contributed by atoms with Crippen molar-refractivity contribution in [3.63, 3.8) is 0 Å². The number of nitrogens with zero attached hydrogens (tertiary/aromatic N) is 2. The number of aliphatic hydroxyl groups excluding tert-OH is 1. The second-order valence-electron chi connectivity index (χ2n) is 5.83. The van der Waals surface area contributed by atoms with Crippen molar-refractivity contribution in [3.8, 4) is 5.75 Å².